The molecule has 7 nitrogen and oxygen atoms in total. The van der Waals surface area contributed by atoms with Gasteiger partial charge in [0.05, 0.1) is 4.88 Å². The van der Waals surface area contributed by atoms with Crippen LogP contribution in [-0.4, -0.2) is 41.1 Å². The van der Waals surface area contributed by atoms with Gasteiger partial charge in [0.25, 0.3) is 0 Å². The number of thiazole rings is 1. The summed E-state index contributed by atoms with van der Waals surface area (Å²) in [4.78, 5) is 1.39. The van der Waals surface area contributed by atoms with Crippen molar-refractivity contribution in [3.63, 3.8) is 0 Å². The molecule has 1 aromatic rings. The van der Waals surface area contributed by atoms with Gasteiger partial charge in [-0.15, -0.1) is 0 Å². The van der Waals surface area contributed by atoms with Crippen molar-refractivity contribution >= 4 is 31.4 Å². The van der Waals surface area contributed by atoms with E-state index in [1.54, 1.807) is 11.3 Å². The molecule has 1 aromatic heterocycles. The van der Waals surface area contributed by atoms with Crippen LogP contribution in [0.2, 0.25) is 0 Å². The summed E-state index contributed by atoms with van der Waals surface area (Å²) < 4.78 is 117. The Balaban J connectivity index is 0.000000511. The molecule has 0 unspecified atom stereocenters. The second-order valence-electron chi connectivity index (χ2n) is 4.67. The van der Waals surface area contributed by atoms with Gasteiger partial charge in [0.2, 0.25) is 5.51 Å². The van der Waals surface area contributed by atoms with Crippen LogP contribution >= 0.6 is 11.3 Å². The topological polar surface area (TPSA) is 95.5 Å². The molecule has 0 bridgehead atoms. The highest BCUT2D eigenvalue weighted by molar-refractivity contribution is 8.13. The van der Waals surface area contributed by atoms with Crippen molar-refractivity contribution in [2.24, 2.45) is 0 Å². The van der Waals surface area contributed by atoms with Gasteiger partial charge in [0.1, 0.15) is 6.61 Å². The van der Waals surface area contributed by atoms with Crippen LogP contribution in [0, 0.1) is 13.8 Å². The lowest BCUT2D eigenvalue weighted by atomic mass is 10.4. The van der Waals surface area contributed by atoms with Crippen molar-refractivity contribution in [3.8, 4) is 0 Å². The van der Waals surface area contributed by atoms with E-state index in [2.05, 4.69) is 23.9 Å². The summed E-state index contributed by atoms with van der Waals surface area (Å²) in [5.41, 5.74) is -8.89. The van der Waals surface area contributed by atoms with Crippen LogP contribution in [0.1, 0.15) is 17.5 Å². The average molecular weight is 466 g/mol. The van der Waals surface area contributed by atoms with Crippen molar-refractivity contribution in [2.45, 2.75) is 38.3 Å². The standard InChI is InChI=1S/C9H16NOS.C2F6NO4S2/c1-4-11-6-5-10-7-12-9(3)8(10)2;3-1(4,5)14(10,11)9-15(12,13)2(6,7)8/h7H,4-6H2,1-3H3;/q+1;-1. The minimum Gasteiger partial charge on any atom is -0.421 e. The van der Waals surface area contributed by atoms with Crippen molar-refractivity contribution < 1.29 is 52.5 Å². The van der Waals surface area contributed by atoms with Crippen LogP contribution in [0.5, 0.6) is 0 Å². The molecule has 0 saturated heterocycles. The molecular weight excluding hydrogens is 450 g/mol. The molecule has 0 aliphatic rings. The highest BCUT2D eigenvalue weighted by Gasteiger charge is 2.46. The highest BCUT2D eigenvalue weighted by atomic mass is 32.3. The number of sulfonamides is 2. The predicted octanol–water partition coefficient (Wildman–Crippen LogP) is 2.75. The number of hydrogen-bond donors (Lipinski definition) is 0. The van der Waals surface area contributed by atoms with Gasteiger partial charge in [0.15, 0.2) is 32.3 Å². The SMILES string of the molecule is CCOCC[n+]1csc(C)c1C.O=S(=O)([N-]S(=O)(=O)C(F)(F)F)C(F)(F)F. The second-order valence-corrected chi connectivity index (χ2v) is 9.15. The molecule has 0 radical (unpaired) electrons. The summed E-state index contributed by atoms with van der Waals surface area (Å²) in [6.45, 7) is 8.93. The third-order valence-electron chi connectivity index (χ3n) is 2.76. The molecular formula is C11H16F6N2O5S3. The first-order chi connectivity index (χ1) is 12.0. The molecule has 0 aliphatic carbocycles. The largest absolute Gasteiger partial charge is 0.480 e. The van der Waals surface area contributed by atoms with E-state index in [0.717, 1.165) is 23.9 Å². The van der Waals surface area contributed by atoms with Crippen LogP contribution < -0.4 is 4.57 Å². The Kier molecular flexibility index (Phi) is 9.15. The third-order valence-corrected chi connectivity index (χ3v) is 6.51. The van der Waals surface area contributed by atoms with E-state index in [9.17, 15) is 43.2 Å². The fourth-order valence-corrected chi connectivity index (χ4v) is 3.80. The summed E-state index contributed by atoms with van der Waals surface area (Å²) in [7, 11) is -13.4. The number of nitrogens with zero attached hydrogens (tertiary/aromatic N) is 2. The number of aryl methyl sites for hydroxylation is 1. The van der Waals surface area contributed by atoms with Crippen molar-refractivity contribution in [1.82, 2.24) is 0 Å². The molecule has 0 N–H and O–H groups in total. The number of rotatable bonds is 6. The van der Waals surface area contributed by atoms with Crippen molar-refractivity contribution in [3.05, 3.63) is 20.2 Å². The van der Waals surface area contributed by atoms with Crippen molar-refractivity contribution in [1.29, 1.82) is 0 Å². The normalized spacial score (nSPS) is 13.2. The molecule has 0 amide bonds. The molecule has 0 atom stereocenters. The van der Waals surface area contributed by atoms with Gasteiger partial charge in [0, 0.05) is 13.5 Å². The van der Waals surface area contributed by atoms with E-state index in [4.69, 9.17) is 4.74 Å². The Morgan fingerprint density at radius 2 is 1.48 bits per heavy atom. The van der Waals surface area contributed by atoms with Crippen LogP contribution in [0.4, 0.5) is 26.3 Å². The van der Waals surface area contributed by atoms with Crippen LogP contribution in [-0.2, 0) is 31.3 Å². The van der Waals surface area contributed by atoms with Crippen molar-refractivity contribution in [2.75, 3.05) is 13.2 Å². The summed E-state index contributed by atoms with van der Waals surface area (Å²) in [5.74, 6) is 0. The Morgan fingerprint density at radius 1 is 1.04 bits per heavy atom. The van der Waals surface area contributed by atoms with E-state index in [0.29, 0.717) is 0 Å². The van der Waals surface area contributed by atoms with Gasteiger partial charge >= 0.3 is 11.0 Å². The minimum atomic E-state index is -6.72. The maximum Gasteiger partial charge on any atom is 0.480 e. The lowest BCUT2D eigenvalue weighted by Gasteiger charge is -2.22. The van der Waals surface area contributed by atoms with Gasteiger partial charge in [-0.05, 0) is 13.8 Å². The van der Waals surface area contributed by atoms with Gasteiger partial charge in [-0.1, -0.05) is 11.3 Å². The predicted molar refractivity (Wildman–Crippen MR) is 83.8 cm³/mol. The fourth-order valence-electron chi connectivity index (χ4n) is 1.25. The Bertz CT molecular complexity index is 773. The Hall–Kier alpha value is -0.970. The van der Waals surface area contributed by atoms with E-state index >= 15 is 0 Å². The molecule has 160 valence electrons. The van der Waals surface area contributed by atoms with Crippen LogP contribution in [0.3, 0.4) is 0 Å². The number of aromatic nitrogens is 1. The van der Waals surface area contributed by atoms with Gasteiger partial charge < -0.3 is 8.86 Å². The highest BCUT2D eigenvalue weighted by Crippen LogP contribution is 2.36. The van der Waals surface area contributed by atoms with Crippen LogP contribution in [0.25, 0.3) is 4.13 Å². The number of halogens is 6. The van der Waals surface area contributed by atoms with Crippen LogP contribution in [0.15, 0.2) is 5.51 Å². The molecule has 0 saturated carbocycles. The summed E-state index contributed by atoms with van der Waals surface area (Å²) >= 11 is 1.80. The van der Waals surface area contributed by atoms with E-state index < -0.39 is 31.1 Å². The number of alkyl halides is 6. The average Bonchev–Trinajstić information content (AvgIpc) is 2.77. The molecule has 1 rings (SSSR count). The smallest absolute Gasteiger partial charge is 0.421 e. The zero-order chi connectivity index (χ0) is 21.7. The number of ether oxygens (including phenoxy) is 1. The Labute approximate surface area is 156 Å². The fraction of sp³-hybridized carbons (Fsp3) is 0.727. The molecule has 1 heterocycles. The molecule has 0 aromatic carbocycles. The van der Waals surface area contributed by atoms with Gasteiger partial charge in [-0.25, -0.2) is 16.8 Å². The maximum absolute atomic E-state index is 11.4. The zero-order valence-corrected chi connectivity index (χ0v) is 16.6. The van der Waals surface area contributed by atoms with E-state index in [-0.39, 0.29) is 0 Å². The monoisotopic (exact) mass is 466 g/mol. The zero-order valence-electron chi connectivity index (χ0n) is 14.1. The number of hydrogen-bond acceptors (Lipinski definition) is 6. The first-order valence-electron chi connectivity index (χ1n) is 6.85. The molecule has 16 heteroatoms. The maximum atomic E-state index is 11.4. The van der Waals surface area contributed by atoms with E-state index in [1.165, 1.54) is 10.6 Å². The lowest BCUT2D eigenvalue weighted by Crippen LogP contribution is -2.36. The second kappa shape index (κ2) is 9.49. The summed E-state index contributed by atoms with van der Waals surface area (Å²) in [6, 6.07) is 0. The summed E-state index contributed by atoms with van der Waals surface area (Å²) in [6.07, 6.45) is 0. The van der Waals surface area contributed by atoms with Gasteiger partial charge in [-0.2, -0.15) is 30.9 Å². The van der Waals surface area contributed by atoms with E-state index in [1.807, 2.05) is 6.92 Å². The third kappa shape index (κ3) is 7.89. The minimum absolute atomic E-state index is 0.778. The molecule has 0 fully saturated rings. The van der Waals surface area contributed by atoms with Gasteiger partial charge in [-0.3, -0.25) is 0 Å². The lowest BCUT2D eigenvalue weighted by molar-refractivity contribution is -0.699. The first-order valence-corrected chi connectivity index (χ1v) is 10.6. The quantitative estimate of drug-likeness (QED) is 0.365. The molecule has 0 spiro atoms. The first kappa shape index (κ1) is 26.0. The Morgan fingerprint density at radius 3 is 1.78 bits per heavy atom. The molecule has 27 heavy (non-hydrogen) atoms. The molecule has 0 aliphatic heterocycles. The summed E-state index contributed by atoms with van der Waals surface area (Å²) in [5, 5.41) is 0.